The predicted molar refractivity (Wildman–Crippen MR) is 353 cm³/mol. The van der Waals surface area contributed by atoms with E-state index in [-0.39, 0.29) is 23.3 Å². The minimum absolute atomic E-state index is 0.0381. The summed E-state index contributed by atoms with van der Waals surface area (Å²) in [5.41, 5.74) is 15.2. The quantitative estimate of drug-likeness (QED) is 0.107. The second-order valence-corrected chi connectivity index (χ2v) is 26.2. The monoisotopic (exact) mass is 1210 g/mol. The molecule has 0 saturated heterocycles. The molecule has 0 unspecified atom stereocenters. The number of aromatic carboxylic acids is 1. The number of hydrogen-bond donors (Lipinski definition) is 3. The van der Waals surface area contributed by atoms with Gasteiger partial charge in [0.25, 0.3) is 17.7 Å². The molecule has 2 saturated carbocycles. The number of carboxylic acid groups (broad SMARTS) is 1. The van der Waals surface area contributed by atoms with E-state index in [1.807, 2.05) is 88.4 Å². The molecule has 16 heteroatoms. The van der Waals surface area contributed by atoms with Gasteiger partial charge in [-0.15, -0.1) is 0 Å². The van der Waals surface area contributed by atoms with Gasteiger partial charge in [0.05, 0.1) is 66.7 Å². The van der Waals surface area contributed by atoms with Crippen LogP contribution >= 0.6 is 0 Å². The lowest BCUT2D eigenvalue weighted by Crippen LogP contribution is -2.49. The highest BCUT2D eigenvalue weighted by Gasteiger charge is 2.36. The molecule has 3 amide bonds. The van der Waals surface area contributed by atoms with E-state index >= 15 is 0 Å². The van der Waals surface area contributed by atoms with Crippen LogP contribution in [0.2, 0.25) is 0 Å². The van der Waals surface area contributed by atoms with E-state index in [4.69, 9.17) is 28.9 Å². The number of carbonyl (C=O) groups excluding carboxylic acids is 3. The Morgan fingerprint density at radius 3 is 1.39 bits per heavy atom. The van der Waals surface area contributed by atoms with Crippen LogP contribution in [-0.2, 0) is 25.9 Å². The molecule has 3 N–H and O–H groups in total. The summed E-state index contributed by atoms with van der Waals surface area (Å²) in [6.07, 6.45) is 13.2. The van der Waals surface area contributed by atoms with Crippen LogP contribution in [0.15, 0.2) is 119 Å². The minimum atomic E-state index is -0.964. The zero-order valence-electron chi connectivity index (χ0n) is 52.8. The maximum Gasteiger partial charge on any atom is 0.335 e. The number of aromatic nitrogens is 2. The number of nitrogens with one attached hydrogen (secondary N) is 2. The van der Waals surface area contributed by atoms with Crippen LogP contribution in [0, 0.1) is 0 Å². The van der Waals surface area contributed by atoms with Gasteiger partial charge in [-0.1, -0.05) is 50.7 Å². The van der Waals surface area contributed by atoms with Gasteiger partial charge in [0.1, 0.15) is 36.2 Å². The van der Waals surface area contributed by atoms with Gasteiger partial charge in [-0.25, -0.2) is 4.79 Å². The first-order valence-corrected chi connectivity index (χ1v) is 31.8. The number of aliphatic imine (C=N–C) groups is 2. The number of benzene rings is 6. The van der Waals surface area contributed by atoms with E-state index in [1.165, 1.54) is 84.7 Å². The van der Waals surface area contributed by atoms with Gasteiger partial charge in [0.15, 0.2) is 0 Å². The molecule has 90 heavy (non-hydrogen) atoms. The fourth-order valence-corrected chi connectivity index (χ4v) is 14.6. The maximum absolute atomic E-state index is 13.9. The first-order valence-electron chi connectivity index (χ1n) is 31.8. The minimum Gasteiger partial charge on any atom is -0.497 e. The van der Waals surface area contributed by atoms with Crippen LogP contribution in [-0.4, -0.2) is 107 Å². The number of fused-ring (bicyclic) bond motifs is 12. The molecule has 16 nitrogen and oxygen atoms in total. The Labute approximate surface area is 525 Å². The fraction of sp³-hybridized carbons (Fsp3) is 0.378. The molecule has 6 heterocycles. The van der Waals surface area contributed by atoms with Crippen molar-refractivity contribution in [3.63, 3.8) is 0 Å². The van der Waals surface area contributed by atoms with Crippen LogP contribution in [0.1, 0.15) is 167 Å². The summed E-state index contributed by atoms with van der Waals surface area (Å²) >= 11 is 0. The highest BCUT2D eigenvalue weighted by molar-refractivity contribution is 6.09. The zero-order chi connectivity index (χ0) is 62.8. The van der Waals surface area contributed by atoms with Gasteiger partial charge in [-0.3, -0.25) is 24.4 Å². The Morgan fingerprint density at radius 1 is 0.544 bits per heavy atom. The van der Waals surface area contributed by atoms with E-state index in [0.29, 0.717) is 67.7 Å². The van der Waals surface area contributed by atoms with Crippen molar-refractivity contribution in [3.05, 3.63) is 154 Å². The van der Waals surface area contributed by atoms with Crippen molar-refractivity contribution in [1.82, 2.24) is 24.7 Å². The average Bonchev–Trinajstić information content (AvgIpc) is 1.60. The molecule has 0 atom stereocenters. The molecule has 464 valence electrons. The molecule has 0 spiro atoms. The van der Waals surface area contributed by atoms with Gasteiger partial charge in [-0.05, 0) is 172 Å². The molecule has 0 bridgehead atoms. The Morgan fingerprint density at radius 2 is 0.967 bits per heavy atom. The number of hydrogen-bond acceptors (Lipinski definition) is 10. The molecular weight excluding hydrogens is 1130 g/mol. The lowest BCUT2D eigenvalue weighted by molar-refractivity contribution is 0.0695. The third-order valence-corrected chi connectivity index (χ3v) is 19.4. The van der Waals surface area contributed by atoms with E-state index in [0.717, 1.165) is 91.9 Å². The first-order chi connectivity index (χ1) is 43.4. The summed E-state index contributed by atoms with van der Waals surface area (Å²) in [6, 6.07) is 35.0. The summed E-state index contributed by atoms with van der Waals surface area (Å²) < 4.78 is 28.2. The largest absolute Gasteiger partial charge is 0.497 e. The Kier molecular flexibility index (Phi) is 15.9. The molecular formula is C74H79N7O9. The summed E-state index contributed by atoms with van der Waals surface area (Å²) in [5.74, 6) is 2.83. The highest BCUT2D eigenvalue weighted by atomic mass is 16.5. The van der Waals surface area contributed by atoms with Gasteiger partial charge < -0.3 is 48.7 Å². The molecule has 14 rings (SSSR count). The van der Waals surface area contributed by atoms with Crippen LogP contribution in [0.5, 0.6) is 23.0 Å². The predicted octanol–water partition coefficient (Wildman–Crippen LogP) is 14.6. The number of rotatable bonds is 12. The molecule has 6 aromatic carbocycles. The smallest absolute Gasteiger partial charge is 0.335 e. The topological polar surface area (TPSA) is 187 Å². The summed E-state index contributed by atoms with van der Waals surface area (Å²) in [4.78, 5) is 62.9. The van der Waals surface area contributed by atoms with Gasteiger partial charge >= 0.3 is 5.97 Å². The Bertz CT molecular complexity index is 4280. The molecule has 0 radical (unpaired) electrons. The number of amides is 3. The Balaban J connectivity index is 0.000000165. The number of carbonyl (C=O) groups is 4. The van der Waals surface area contributed by atoms with Crippen LogP contribution in [0.4, 0.5) is 11.4 Å². The van der Waals surface area contributed by atoms with E-state index in [9.17, 15) is 24.3 Å². The second kappa shape index (κ2) is 24.0. The van der Waals surface area contributed by atoms with E-state index in [2.05, 4.69) is 50.1 Å². The van der Waals surface area contributed by atoms with Crippen molar-refractivity contribution in [2.24, 2.45) is 9.98 Å². The highest BCUT2D eigenvalue weighted by Crippen LogP contribution is 2.50. The maximum atomic E-state index is 13.9. The third-order valence-electron chi connectivity index (χ3n) is 19.4. The Hall–Kier alpha value is -9.18. The summed E-state index contributed by atoms with van der Waals surface area (Å²) in [6.45, 7) is 10.3. The molecule has 2 aliphatic carbocycles. The first kappa shape index (κ1) is 59.8. The normalized spacial score (nSPS) is 16.2. The standard InChI is InChI=1S/C38H42N4O4.C36H37N3O5/c1-38(2,33-21-26-19-25(37(44)41(3)4)12-16-30(26)39-33)40-36(43)24-11-14-28-31(20-24)42-17-18-46-32-22-27(45-5)13-15-29(32)35(42)34(28)23-9-7-6-8-10-23;1-36(2,31-19-24-17-23(35(41)42)10-14-28(24)37-31)38-34(40)22-9-12-26-29(18-22)39-15-16-44-30-20-25(43-3)11-13-27(30)33(39)32(26)21-7-5-4-6-8-21/h11-16,19-20,22-23H,6-10,17-18,21H2,1-5H3,(H,40,43);9-14,17-18,20-21H,4-8,15-16,19H2,1-3H3,(H,38,40)(H,41,42). The fourth-order valence-electron chi connectivity index (χ4n) is 14.6. The lowest BCUT2D eigenvalue weighted by atomic mass is 9.81. The lowest BCUT2D eigenvalue weighted by Gasteiger charge is -2.26. The molecule has 6 aliphatic rings. The second-order valence-electron chi connectivity index (χ2n) is 26.2. The number of carboxylic acids is 1. The number of ether oxygens (including phenoxy) is 4. The molecule has 4 aliphatic heterocycles. The SMILES string of the molecule is COc1ccc2c(c1)OCCn1c-2c(C2CCCCC2)c2ccc(C(=O)NC(C)(C)C3=Nc4ccc(C(=O)N(C)C)cc4C3)cc21.COc1ccc2c(c1)OCCn1c-2c(C2CCCCC2)c2ccc(C(=O)NC(C)(C)C3=Nc4ccc(C(=O)O)cc4C3)cc21. The van der Waals surface area contributed by atoms with Crippen molar-refractivity contribution in [2.75, 3.05) is 41.5 Å². The van der Waals surface area contributed by atoms with Crippen molar-refractivity contribution in [2.45, 2.75) is 141 Å². The summed E-state index contributed by atoms with van der Waals surface area (Å²) in [7, 11) is 6.85. The van der Waals surface area contributed by atoms with Gasteiger partial charge in [0, 0.05) is 100 Å². The molecule has 2 aromatic heterocycles. The molecule has 2 fully saturated rings. The van der Waals surface area contributed by atoms with Crippen LogP contribution < -0.4 is 29.6 Å². The van der Waals surface area contributed by atoms with Crippen LogP contribution in [0.3, 0.4) is 0 Å². The third kappa shape index (κ3) is 11.2. The van der Waals surface area contributed by atoms with Crippen molar-refractivity contribution >= 4 is 68.3 Å². The van der Waals surface area contributed by atoms with Gasteiger partial charge in [-0.2, -0.15) is 0 Å². The summed E-state index contributed by atoms with van der Waals surface area (Å²) in [5, 5.41) is 18.3. The van der Waals surface area contributed by atoms with E-state index in [1.54, 1.807) is 51.4 Å². The zero-order valence-corrected chi connectivity index (χ0v) is 52.8. The molecule has 8 aromatic rings. The van der Waals surface area contributed by atoms with Gasteiger partial charge in [0.2, 0.25) is 0 Å². The van der Waals surface area contributed by atoms with Crippen molar-refractivity contribution in [3.8, 4) is 45.5 Å². The number of nitrogens with zero attached hydrogens (tertiary/aromatic N) is 5. The average molecular weight is 1210 g/mol. The number of methoxy groups -OCH3 is 2. The van der Waals surface area contributed by atoms with Crippen molar-refractivity contribution < 1.29 is 43.2 Å². The van der Waals surface area contributed by atoms with Crippen molar-refractivity contribution in [1.29, 1.82) is 0 Å². The van der Waals surface area contributed by atoms with Crippen LogP contribution in [0.25, 0.3) is 44.3 Å². The van der Waals surface area contributed by atoms with E-state index < -0.39 is 17.0 Å².